The molecule has 4 rings (SSSR count). The molecule has 4 unspecified atom stereocenters. The number of hydrazone groups is 1. The van der Waals surface area contributed by atoms with Crippen molar-refractivity contribution in [2.24, 2.45) is 5.10 Å². The summed E-state index contributed by atoms with van der Waals surface area (Å²) in [5, 5.41) is 44.3. The van der Waals surface area contributed by atoms with E-state index < -0.39 is 47.5 Å². The Morgan fingerprint density at radius 3 is 2.81 bits per heavy atom. The zero-order chi connectivity index (χ0) is 22.3. The molecule has 7 N–H and O–H groups in total. The van der Waals surface area contributed by atoms with Crippen LogP contribution in [-0.4, -0.2) is 70.9 Å². The summed E-state index contributed by atoms with van der Waals surface area (Å²) in [5.41, 5.74) is 7.18. The van der Waals surface area contributed by atoms with Gasteiger partial charge >= 0.3 is 5.88 Å². The second kappa shape index (κ2) is 7.76. The van der Waals surface area contributed by atoms with Crippen LogP contribution in [-0.2, 0) is 4.74 Å². The van der Waals surface area contributed by atoms with E-state index in [9.17, 15) is 30.2 Å². The molecule has 164 valence electrons. The number of nitrogen functional groups attached to an aromatic ring is 1. The number of nitrogens with two attached hydrogens (primary N) is 1. The number of hydrogen-bond acceptors (Lipinski definition) is 13. The van der Waals surface area contributed by atoms with Gasteiger partial charge in [0.2, 0.25) is 11.9 Å². The first kappa shape index (κ1) is 20.4. The standard InChI is InChI=1S/C15H16N8O8/c16-14-19-11-8(12(27)20-14)18-15(21-17-3-5-1-2-7(30-5)23(28)29)22(11)13-10(26)9(25)6(4-24)31-13/h1-3,6,9-10,13,24-26H,4H2,(H,18,21)(H3,16,19,20,27). The van der Waals surface area contributed by atoms with E-state index in [4.69, 9.17) is 14.9 Å². The summed E-state index contributed by atoms with van der Waals surface area (Å²) in [7, 11) is 0. The van der Waals surface area contributed by atoms with Gasteiger partial charge in [0, 0.05) is 0 Å². The number of aromatic nitrogens is 4. The van der Waals surface area contributed by atoms with Crippen LogP contribution in [0.5, 0.6) is 0 Å². The van der Waals surface area contributed by atoms with Gasteiger partial charge in [-0.1, -0.05) is 0 Å². The van der Waals surface area contributed by atoms with Gasteiger partial charge in [0.25, 0.3) is 5.56 Å². The summed E-state index contributed by atoms with van der Waals surface area (Å²) in [5.74, 6) is -0.796. The number of aromatic amines is 1. The number of nitrogens with one attached hydrogen (secondary N) is 2. The first-order valence-electron chi connectivity index (χ1n) is 8.73. The van der Waals surface area contributed by atoms with Gasteiger partial charge in [0.1, 0.15) is 23.2 Å². The third-order valence-electron chi connectivity index (χ3n) is 4.49. The predicted molar refractivity (Wildman–Crippen MR) is 102 cm³/mol. The first-order valence-corrected chi connectivity index (χ1v) is 8.73. The maximum atomic E-state index is 12.2. The van der Waals surface area contributed by atoms with E-state index in [-0.39, 0.29) is 28.8 Å². The fourth-order valence-electron chi connectivity index (χ4n) is 3.08. The van der Waals surface area contributed by atoms with E-state index in [2.05, 4.69) is 25.5 Å². The fourth-order valence-corrected chi connectivity index (χ4v) is 3.08. The second-order valence-corrected chi connectivity index (χ2v) is 6.46. The van der Waals surface area contributed by atoms with Crippen LogP contribution in [0.1, 0.15) is 12.0 Å². The van der Waals surface area contributed by atoms with Crippen LogP contribution < -0.4 is 16.7 Å². The van der Waals surface area contributed by atoms with E-state index in [1.807, 2.05) is 0 Å². The van der Waals surface area contributed by atoms with E-state index >= 15 is 0 Å². The molecule has 0 amide bonds. The van der Waals surface area contributed by atoms with Crippen LogP contribution in [0.4, 0.5) is 17.8 Å². The number of fused-ring (bicyclic) bond motifs is 1. The normalized spacial score (nSPS) is 23.7. The molecule has 0 spiro atoms. The Labute approximate surface area is 170 Å². The molecule has 16 heteroatoms. The van der Waals surface area contributed by atoms with E-state index in [0.29, 0.717) is 0 Å². The van der Waals surface area contributed by atoms with Crippen LogP contribution in [0, 0.1) is 10.1 Å². The summed E-state index contributed by atoms with van der Waals surface area (Å²) in [6.45, 7) is -0.574. The third kappa shape index (κ3) is 3.59. The lowest BCUT2D eigenvalue weighted by Crippen LogP contribution is -2.33. The summed E-state index contributed by atoms with van der Waals surface area (Å²) in [4.78, 5) is 32.5. The average molecular weight is 436 g/mol. The van der Waals surface area contributed by atoms with Crippen LogP contribution in [0.2, 0.25) is 0 Å². The molecule has 1 aliphatic rings. The van der Waals surface area contributed by atoms with Crippen LogP contribution >= 0.6 is 0 Å². The Bertz CT molecular complexity index is 1220. The van der Waals surface area contributed by atoms with Crippen molar-refractivity contribution >= 4 is 35.2 Å². The number of H-pyrrole nitrogens is 1. The van der Waals surface area contributed by atoms with Gasteiger partial charge in [0.15, 0.2) is 23.2 Å². The Morgan fingerprint density at radius 2 is 2.16 bits per heavy atom. The molecule has 1 saturated heterocycles. The monoisotopic (exact) mass is 436 g/mol. The van der Waals surface area contributed by atoms with Crippen molar-refractivity contribution in [3.05, 3.63) is 38.4 Å². The van der Waals surface area contributed by atoms with E-state index in [1.54, 1.807) is 0 Å². The summed E-state index contributed by atoms with van der Waals surface area (Å²) >= 11 is 0. The SMILES string of the molecule is Nc1nc2c(nc(NN=Cc3ccc([N+](=O)[O-])o3)n2C2OC(CO)C(O)C2O)c(=O)[nH]1. The number of nitrogens with zero attached hydrogens (tertiary/aromatic N) is 5. The minimum absolute atomic E-state index is 0.0509. The molecule has 0 saturated carbocycles. The molecule has 4 atom stereocenters. The van der Waals surface area contributed by atoms with Crippen molar-refractivity contribution in [2.75, 3.05) is 17.8 Å². The van der Waals surface area contributed by atoms with Gasteiger partial charge in [-0.3, -0.25) is 24.5 Å². The quantitative estimate of drug-likeness (QED) is 0.143. The Hall–Kier alpha value is -3.86. The lowest BCUT2D eigenvalue weighted by Gasteiger charge is -2.18. The van der Waals surface area contributed by atoms with Crippen LogP contribution in [0.3, 0.4) is 0 Å². The van der Waals surface area contributed by atoms with E-state index in [0.717, 1.165) is 16.8 Å². The predicted octanol–water partition coefficient (Wildman–Crippen LogP) is -1.74. The summed E-state index contributed by atoms with van der Waals surface area (Å²) < 4.78 is 11.6. The Balaban J connectivity index is 1.73. The van der Waals surface area contributed by atoms with Gasteiger partial charge in [-0.15, -0.1) is 0 Å². The number of anilines is 2. The lowest BCUT2D eigenvalue weighted by molar-refractivity contribution is -0.402. The van der Waals surface area contributed by atoms with Gasteiger partial charge in [-0.25, -0.2) is 10.4 Å². The number of ether oxygens (including phenoxy) is 1. The molecule has 1 aliphatic heterocycles. The highest BCUT2D eigenvalue weighted by Crippen LogP contribution is 2.33. The van der Waals surface area contributed by atoms with Crippen molar-refractivity contribution in [3.63, 3.8) is 0 Å². The highest BCUT2D eigenvalue weighted by Gasteiger charge is 2.45. The largest absolute Gasteiger partial charge is 0.433 e. The Morgan fingerprint density at radius 1 is 1.39 bits per heavy atom. The van der Waals surface area contributed by atoms with Crippen LogP contribution in [0.25, 0.3) is 11.2 Å². The molecule has 3 aromatic rings. The summed E-state index contributed by atoms with van der Waals surface area (Å²) in [6, 6.07) is 2.45. The maximum absolute atomic E-state index is 12.2. The first-order chi connectivity index (χ1) is 14.8. The van der Waals surface area contributed by atoms with Gasteiger partial charge in [-0.05, 0) is 6.07 Å². The zero-order valence-electron chi connectivity index (χ0n) is 15.4. The number of furan rings is 1. The molecular weight excluding hydrogens is 420 g/mol. The molecule has 1 fully saturated rings. The smallest absolute Gasteiger partial charge is 0.400 e. The average Bonchev–Trinajstić information content (AvgIpc) is 3.40. The molecule has 3 aromatic heterocycles. The molecule has 0 radical (unpaired) electrons. The minimum atomic E-state index is -1.51. The number of nitro groups is 1. The molecule has 0 bridgehead atoms. The molecule has 16 nitrogen and oxygen atoms in total. The number of rotatable bonds is 6. The number of hydrogen-bond donors (Lipinski definition) is 6. The molecular formula is C15H16N8O8. The van der Waals surface area contributed by atoms with Gasteiger partial charge in [0.05, 0.1) is 18.9 Å². The van der Waals surface area contributed by atoms with Crippen molar-refractivity contribution in [3.8, 4) is 0 Å². The van der Waals surface area contributed by atoms with Crippen molar-refractivity contribution in [2.45, 2.75) is 24.5 Å². The van der Waals surface area contributed by atoms with Crippen molar-refractivity contribution in [1.82, 2.24) is 19.5 Å². The molecule has 0 aromatic carbocycles. The number of aliphatic hydroxyl groups excluding tert-OH is 3. The Kier molecular flexibility index (Phi) is 5.11. The summed E-state index contributed by atoms with van der Waals surface area (Å²) in [6.07, 6.45) is -4.22. The lowest BCUT2D eigenvalue weighted by atomic mass is 10.1. The molecule has 0 aliphatic carbocycles. The van der Waals surface area contributed by atoms with Crippen LogP contribution in [0.15, 0.2) is 26.4 Å². The van der Waals surface area contributed by atoms with Crippen molar-refractivity contribution in [1.29, 1.82) is 0 Å². The number of imidazole rings is 1. The highest BCUT2D eigenvalue weighted by atomic mass is 16.6. The topological polar surface area (TPSA) is 240 Å². The highest BCUT2D eigenvalue weighted by molar-refractivity contribution is 5.78. The fraction of sp³-hybridized carbons (Fsp3) is 0.333. The molecule has 31 heavy (non-hydrogen) atoms. The zero-order valence-corrected chi connectivity index (χ0v) is 15.4. The van der Waals surface area contributed by atoms with E-state index in [1.165, 1.54) is 6.07 Å². The molecule has 4 heterocycles. The second-order valence-electron chi connectivity index (χ2n) is 6.46. The van der Waals surface area contributed by atoms with Gasteiger partial charge < -0.3 is 30.2 Å². The van der Waals surface area contributed by atoms with Crippen molar-refractivity contribution < 1.29 is 29.4 Å². The van der Waals surface area contributed by atoms with Gasteiger partial charge in [-0.2, -0.15) is 10.1 Å². The minimum Gasteiger partial charge on any atom is -0.400 e. The number of aliphatic hydroxyl groups is 3. The third-order valence-corrected chi connectivity index (χ3v) is 4.49. The maximum Gasteiger partial charge on any atom is 0.433 e.